The Kier molecular flexibility index (Phi) is 3.75. The summed E-state index contributed by atoms with van der Waals surface area (Å²) in [6.45, 7) is 0. The number of hydrogen-bond donors (Lipinski definition) is 1. The van der Waals surface area contributed by atoms with E-state index in [9.17, 15) is 22.7 Å². The molecule has 0 radical (unpaired) electrons. The molecule has 0 aliphatic carbocycles. The molecule has 0 heterocycles. The first-order valence-corrected chi connectivity index (χ1v) is 5.95. The molecule has 0 aromatic heterocycles. The van der Waals surface area contributed by atoms with Gasteiger partial charge >= 0.3 is 6.18 Å². The normalized spacial score (nSPS) is 14.9. The quantitative estimate of drug-likeness (QED) is 0.821. The van der Waals surface area contributed by atoms with Crippen molar-refractivity contribution in [2.75, 3.05) is 0 Å². The van der Waals surface area contributed by atoms with Gasteiger partial charge in [0.25, 0.3) is 0 Å². The first kappa shape index (κ1) is 14.8. The third-order valence-corrected chi connectivity index (χ3v) is 3.25. The van der Waals surface area contributed by atoms with Gasteiger partial charge in [0.1, 0.15) is 5.82 Å². The Morgan fingerprint density at radius 3 is 2.15 bits per heavy atom. The number of benzene rings is 2. The molecule has 106 valence electrons. The minimum absolute atomic E-state index is 0.253. The fourth-order valence-corrected chi connectivity index (χ4v) is 2.21. The lowest BCUT2D eigenvalue weighted by Gasteiger charge is -2.32. The van der Waals surface area contributed by atoms with Crippen LogP contribution in [0.4, 0.5) is 17.6 Å². The molecule has 0 saturated heterocycles. The minimum Gasteiger partial charge on any atom is -0.372 e. The molecule has 20 heavy (non-hydrogen) atoms. The standard InChI is InChI=1S/C14H9ClF4O/c15-12-7-2-1-6-11(12)13(20,14(17,18)19)9-4-3-5-10(16)8-9/h1-8,20H. The van der Waals surface area contributed by atoms with E-state index in [1.54, 1.807) is 0 Å². The van der Waals surface area contributed by atoms with Gasteiger partial charge in [-0.1, -0.05) is 41.9 Å². The molecule has 2 rings (SSSR count). The van der Waals surface area contributed by atoms with Gasteiger partial charge in [-0.2, -0.15) is 13.2 Å². The van der Waals surface area contributed by atoms with Gasteiger partial charge in [-0.3, -0.25) is 0 Å². The van der Waals surface area contributed by atoms with E-state index in [1.807, 2.05) is 0 Å². The molecule has 0 aliphatic heterocycles. The van der Waals surface area contributed by atoms with Gasteiger partial charge < -0.3 is 5.11 Å². The Labute approximate surface area is 117 Å². The average Bonchev–Trinajstić information content (AvgIpc) is 2.37. The molecule has 1 unspecified atom stereocenters. The van der Waals surface area contributed by atoms with Crippen molar-refractivity contribution in [3.63, 3.8) is 0 Å². The summed E-state index contributed by atoms with van der Waals surface area (Å²) in [6, 6.07) is 8.76. The van der Waals surface area contributed by atoms with E-state index in [2.05, 4.69) is 0 Å². The summed E-state index contributed by atoms with van der Waals surface area (Å²) in [5.74, 6) is -0.878. The van der Waals surface area contributed by atoms with Gasteiger partial charge in [-0.05, 0) is 18.2 Å². The van der Waals surface area contributed by atoms with Crippen molar-refractivity contribution in [2.24, 2.45) is 0 Å². The maximum absolute atomic E-state index is 13.4. The smallest absolute Gasteiger partial charge is 0.372 e. The Morgan fingerprint density at radius 1 is 0.950 bits per heavy atom. The topological polar surface area (TPSA) is 20.2 Å². The van der Waals surface area contributed by atoms with E-state index in [0.717, 1.165) is 24.3 Å². The zero-order valence-corrected chi connectivity index (χ0v) is 10.7. The molecular formula is C14H9ClF4O. The van der Waals surface area contributed by atoms with Crippen LogP contribution in [0.1, 0.15) is 11.1 Å². The lowest BCUT2D eigenvalue weighted by molar-refractivity contribution is -0.248. The van der Waals surface area contributed by atoms with Gasteiger partial charge in [0, 0.05) is 16.1 Å². The molecule has 0 amide bonds. The molecule has 6 heteroatoms. The molecule has 0 bridgehead atoms. The highest BCUT2D eigenvalue weighted by molar-refractivity contribution is 6.31. The van der Waals surface area contributed by atoms with Gasteiger partial charge in [0.05, 0.1) is 0 Å². The van der Waals surface area contributed by atoms with Crippen molar-refractivity contribution in [2.45, 2.75) is 11.8 Å². The summed E-state index contributed by atoms with van der Waals surface area (Å²) in [5.41, 5.74) is -4.54. The van der Waals surface area contributed by atoms with Crippen molar-refractivity contribution in [1.29, 1.82) is 0 Å². The first-order chi connectivity index (χ1) is 9.26. The predicted molar refractivity (Wildman–Crippen MR) is 66.9 cm³/mol. The molecule has 1 atom stereocenters. The SMILES string of the molecule is OC(c1cccc(F)c1)(c1ccccc1Cl)C(F)(F)F. The Hall–Kier alpha value is -1.59. The summed E-state index contributed by atoms with van der Waals surface area (Å²) >= 11 is 5.75. The largest absolute Gasteiger partial charge is 0.425 e. The van der Waals surface area contributed by atoms with Gasteiger partial charge in [-0.25, -0.2) is 4.39 Å². The maximum Gasteiger partial charge on any atom is 0.425 e. The molecule has 0 fully saturated rings. The second-order valence-corrected chi connectivity index (χ2v) is 4.61. The Balaban J connectivity index is 2.74. The van der Waals surface area contributed by atoms with Crippen LogP contribution in [0.2, 0.25) is 5.02 Å². The monoisotopic (exact) mass is 304 g/mol. The summed E-state index contributed by atoms with van der Waals surface area (Å²) in [4.78, 5) is 0. The van der Waals surface area contributed by atoms with E-state index in [0.29, 0.717) is 6.07 Å². The number of rotatable bonds is 2. The van der Waals surface area contributed by atoms with Crippen molar-refractivity contribution in [1.82, 2.24) is 0 Å². The average molecular weight is 305 g/mol. The molecule has 0 saturated carbocycles. The van der Waals surface area contributed by atoms with Crippen LogP contribution in [0.5, 0.6) is 0 Å². The molecule has 0 spiro atoms. The summed E-state index contributed by atoms with van der Waals surface area (Å²) < 4.78 is 53.3. The van der Waals surface area contributed by atoms with Crippen LogP contribution >= 0.6 is 11.6 Å². The first-order valence-electron chi connectivity index (χ1n) is 5.57. The number of hydrogen-bond acceptors (Lipinski definition) is 1. The molecule has 1 N–H and O–H groups in total. The van der Waals surface area contributed by atoms with Gasteiger partial charge in [0.15, 0.2) is 0 Å². The summed E-state index contributed by atoms with van der Waals surface area (Å²) in [6.07, 6.45) is -5.05. The van der Waals surface area contributed by atoms with E-state index in [-0.39, 0.29) is 5.02 Å². The van der Waals surface area contributed by atoms with Crippen molar-refractivity contribution in [3.05, 3.63) is 70.5 Å². The second kappa shape index (κ2) is 5.07. The van der Waals surface area contributed by atoms with Crippen molar-refractivity contribution in [3.8, 4) is 0 Å². The van der Waals surface area contributed by atoms with Gasteiger partial charge in [0.2, 0.25) is 5.60 Å². The number of alkyl halides is 3. The highest BCUT2D eigenvalue weighted by atomic mass is 35.5. The van der Waals surface area contributed by atoms with Crippen LogP contribution in [-0.4, -0.2) is 11.3 Å². The van der Waals surface area contributed by atoms with Gasteiger partial charge in [-0.15, -0.1) is 0 Å². The summed E-state index contributed by atoms with van der Waals surface area (Å²) in [7, 11) is 0. The second-order valence-electron chi connectivity index (χ2n) is 4.20. The molecular weight excluding hydrogens is 296 g/mol. The fourth-order valence-electron chi connectivity index (χ4n) is 1.94. The van der Waals surface area contributed by atoms with E-state index in [4.69, 9.17) is 11.6 Å². The van der Waals surface area contributed by atoms with Crippen LogP contribution in [0.3, 0.4) is 0 Å². The zero-order chi connectivity index (χ0) is 15.0. The molecule has 1 nitrogen and oxygen atoms in total. The van der Waals surface area contributed by atoms with E-state index >= 15 is 0 Å². The number of aliphatic hydroxyl groups is 1. The highest BCUT2D eigenvalue weighted by Crippen LogP contribution is 2.46. The lowest BCUT2D eigenvalue weighted by atomic mass is 9.85. The zero-order valence-electron chi connectivity index (χ0n) is 9.96. The summed E-state index contributed by atoms with van der Waals surface area (Å²) in [5, 5.41) is 9.97. The highest BCUT2D eigenvalue weighted by Gasteiger charge is 2.57. The third-order valence-electron chi connectivity index (χ3n) is 2.92. The molecule has 2 aromatic carbocycles. The minimum atomic E-state index is -5.05. The van der Waals surface area contributed by atoms with Crippen LogP contribution < -0.4 is 0 Å². The lowest BCUT2D eigenvalue weighted by Crippen LogP contribution is -2.43. The molecule has 0 aliphatic rings. The van der Waals surface area contributed by atoms with Crippen LogP contribution in [0.25, 0.3) is 0 Å². The van der Waals surface area contributed by atoms with Crippen molar-refractivity contribution >= 4 is 11.6 Å². The predicted octanol–water partition coefficient (Wildman–Crippen LogP) is 4.28. The van der Waals surface area contributed by atoms with E-state index < -0.39 is 28.7 Å². The Morgan fingerprint density at radius 2 is 1.60 bits per heavy atom. The number of halogens is 5. The van der Waals surface area contributed by atoms with E-state index in [1.165, 1.54) is 18.2 Å². The van der Waals surface area contributed by atoms with Crippen LogP contribution in [-0.2, 0) is 5.60 Å². The third kappa shape index (κ3) is 2.39. The molecule has 2 aromatic rings. The maximum atomic E-state index is 13.4. The van der Waals surface area contributed by atoms with Crippen LogP contribution in [0.15, 0.2) is 48.5 Å². The van der Waals surface area contributed by atoms with Crippen LogP contribution in [0, 0.1) is 5.82 Å². The Bertz CT molecular complexity index is 627. The van der Waals surface area contributed by atoms with Crippen molar-refractivity contribution < 1.29 is 22.7 Å². The fraction of sp³-hybridized carbons (Fsp3) is 0.143.